The molecule has 1 aromatic carbocycles. The summed E-state index contributed by atoms with van der Waals surface area (Å²) in [4.78, 5) is 11.8. The van der Waals surface area contributed by atoms with Crippen molar-refractivity contribution in [1.82, 2.24) is 5.32 Å². The number of carbonyl (C=O) groups is 1. The fourth-order valence-electron chi connectivity index (χ4n) is 1.30. The maximum atomic E-state index is 11.8. The number of phenolic OH excluding ortho intramolecular Hbond substituents is 1. The lowest BCUT2D eigenvalue weighted by molar-refractivity contribution is 0.0946. The average molecular weight is 286 g/mol. The second kappa shape index (κ2) is 5.34. The van der Waals surface area contributed by atoms with Gasteiger partial charge in [0.05, 0.1) is 5.56 Å². The second-order valence-corrected chi connectivity index (χ2v) is 5.14. The molecule has 1 rings (SSSR count). The van der Waals surface area contributed by atoms with E-state index in [0.717, 1.165) is 4.47 Å². The number of hydrogen-bond donors (Lipinski definition) is 2. The van der Waals surface area contributed by atoms with Crippen LogP contribution in [0.25, 0.3) is 0 Å². The number of hydrogen-bond acceptors (Lipinski definition) is 2. The van der Waals surface area contributed by atoms with Crippen molar-refractivity contribution >= 4 is 21.8 Å². The molecule has 0 radical (unpaired) electrons. The van der Waals surface area contributed by atoms with E-state index in [0.29, 0.717) is 23.6 Å². The highest BCUT2D eigenvalue weighted by atomic mass is 79.9. The molecular weight excluding hydrogens is 270 g/mol. The minimum absolute atomic E-state index is 0.0458. The molecule has 16 heavy (non-hydrogen) atoms. The van der Waals surface area contributed by atoms with Crippen LogP contribution in [-0.2, 0) is 0 Å². The number of rotatable bonds is 3. The third-order valence-corrected chi connectivity index (χ3v) is 2.64. The Morgan fingerprint density at radius 3 is 2.69 bits per heavy atom. The van der Waals surface area contributed by atoms with Gasteiger partial charge in [-0.15, -0.1) is 0 Å². The van der Waals surface area contributed by atoms with Crippen LogP contribution in [0.3, 0.4) is 0 Å². The van der Waals surface area contributed by atoms with Crippen molar-refractivity contribution in [2.45, 2.75) is 20.8 Å². The summed E-state index contributed by atoms with van der Waals surface area (Å²) in [5.41, 5.74) is 0.997. The van der Waals surface area contributed by atoms with E-state index in [1.807, 2.05) is 13.8 Å². The van der Waals surface area contributed by atoms with Crippen LogP contribution >= 0.6 is 15.9 Å². The number of benzene rings is 1. The Morgan fingerprint density at radius 2 is 2.12 bits per heavy atom. The molecule has 0 bridgehead atoms. The van der Waals surface area contributed by atoms with Gasteiger partial charge in [-0.1, -0.05) is 29.8 Å². The average Bonchev–Trinajstić information content (AvgIpc) is 2.19. The molecule has 0 aliphatic heterocycles. The van der Waals surface area contributed by atoms with Crippen LogP contribution in [0.15, 0.2) is 16.6 Å². The maximum absolute atomic E-state index is 11.8. The third-order valence-electron chi connectivity index (χ3n) is 2.18. The van der Waals surface area contributed by atoms with E-state index < -0.39 is 0 Å². The lowest BCUT2D eigenvalue weighted by Crippen LogP contribution is -2.27. The molecule has 0 atom stereocenters. The molecule has 3 nitrogen and oxygen atoms in total. The Kier molecular flexibility index (Phi) is 4.35. The fourth-order valence-corrected chi connectivity index (χ4v) is 1.87. The van der Waals surface area contributed by atoms with E-state index in [4.69, 9.17) is 0 Å². The predicted octanol–water partition coefficient (Wildman–Crippen LogP) is 2.85. The van der Waals surface area contributed by atoms with Crippen molar-refractivity contribution in [1.29, 1.82) is 0 Å². The number of carbonyl (C=O) groups excluding carboxylic acids is 1. The van der Waals surface area contributed by atoms with Crippen molar-refractivity contribution in [3.8, 4) is 5.75 Å². The van der Waals surface area contributed by atoms with Gasteiger partial charge < -0.3 is 10.4 Å². The zero-order valence-corrected chi connectivity index (χ0v) is 11.3. The zero-order chi connectivity index (χ0) is 12.3. The Hall–Kier alpha value is -1.03. The number of amides is 1. The van der Waals surface area contributed by atoms with Gasteiger partial charge in [0.25, 0.3) is 5.91 Å². The maximum Gasteiger partial charge on any atom is 0.255 e. The molecule has 0 fully saturated rings. The highest BCUT2D eigenvalue weighted by Gasteiger charge is 2.13. The minimum Gasteiger partial charge on any atom is -0.507 e. The monoisotopic (exact) mass is 285 g/mol. The van der Waals surface area contributed by atoms with Crippen LogP contribution in [0.5, 0.6) is 5.75 Å². The highest BCUT2D eigenvalue weighted by Crippen LogP contribution is 2.26. The van der Waals surface area contributed by atoms with Crippen LogP contribution in [0.1, 0.15) is 29.8 Å². The van der Waals surface area contributed by atoms with Gasteiger partial charge in [0, 0.05) is 11.0 Å². The molecule has 88 valence electrons. The molecule has 1 amide bonds. The topological polar surface area (TPSA) is 49.3 Å². The molecule has 4 heteroatoms. The normalized spacial score (nSPS) is 10.6. The standard InChI is InChI=1S/C12H16BrNO2/c1-7(2)6-14-12(16)10-5-9(13)4-8(3)11(10)15/h4-5,7,15H,6H2,1-3H3,(H,14,16). The largest absolute Gasteiger partial charge is 0.507 e. The molecule has 0 unspecified atom stereocenters. The summed E-state index contributed by atoms with van der Waals surface area (Å²) >= 11 is 3.30. The molecule has 0 saturated carbocycles. The molecule has 0 heterocycles. The lowest BCUT2D eigenvalue weighted by Gasteiger charge is -2.10. The van der Waals surface area contributed by atoms with Gasteiger partial charge in [0.2, 0.25) is 0 Å². The fraction of sp³-hybridized carbons (Fsp3) is 0.417. The van der Waals surface area contributed by atoms with Crippen LogP contribution in [0, 0.1) is 12.8 Å². The smallest absolute Gasteiger partial charge is 0.255 e. The first-order valence-corrected chi connectivity index (χ1v) is 5.98. The third kappa shape index (κ3) is 3.23. The molecule has 2 N–H and O–H groups in total. The molecule has 0 aliphatic rings. The van der Waals surface area contributed by atoms with Crippen molar-refractivity contribution < 1.29 is 9.90 Å². The van der Waals surface area contributed by atoms with Crippen molar-refractivity contribution in [2.75, 3.05) is 6.54 Å². The summed E-state index contributed by atoms with van der Waals surface area (Å²) in [6, 6.07) is 3.40. The van der Waals surface area contributed by atoms with Gasteiger partial charge in [-0.2, -0.15) is 0 Å². The van der Waals surface area contributed by atoms with Crippen LogP contribution in [-0.4, -0.2) is 17.6 Å². The predicted molar refractivity (Wildman–Crippen MR) is 67.7 cm³/mol. The van der Waals surface area contributed by atoms with Crippen LogP contribution in [0.4, 0.5) is 0 Å². The summed E-state index contributed by atoms with van der Waals surface area (Å²) in [6.07, 6.45) is 0. The summed E-state index contributed by atoms with van der Waals surface area (Å²) in [6.45, 7) is 6.40. The quantitative estimate of drug-likeness (QED) is 0.897. The molecule has 0 aliphatic carbocycles. The van der Waals surface area contributed by atoms with E-state index >= 15 is 0 Å². The van der Waals surface area contributed by atoms with Crippen molar-refractivity contribution in [2.24, 2.45) is 5.92 Å². The molecule has 0 aromatic heterocycles. The van der Waals surface area contributed by atoms with E-state index in [2.05, 4.69) is 21.2 Å². The van der Waals surface area contributed by atoms with Crippen LogP contribution < -0.4 is 5.32 Å². The zero-order valence-electron chi connectivity index (χ0n) is 9.67. The van der Waals surface area contributed by atoms with E-state index in [1.54, 1.807) is 19.1 Å². The summed E-state index contributed by atoms with van der Waals surface area (Å²) in [7, 11) is 0. The number of halogens is 1. The number of phenols is 1. The summed E-state index contributed by atoms with van der Waals surface area (Å²) in [5.74, 6) is 0.194. The van der Waals surface area contributed by atoms with Gasteiger partial charge in [-0.05, 0) is 30.5 Å². The van der Waals surface area contributed by atoms with Gasteiger partial charge in [0.15, 0.2) is 0 Å². The molecule has 0 spiro atoms. The van der Waals surface area contributed by atoms with E-state index in [1.165, 1.54) is 0 Å². The molecule has 1 aromatic rings. The Balaban J connectivity index is 2.91. The van der Waals surface area contributed by atoms with Crippen LogP contribution in [0.2, 0.25) is 0 Å². The molecular formula is C12H16BrNO2. The van der Waals surface area contributed by atoms with E-state index in [-0.39, 0.29) is 11.7 Å². The summed E-state index contributed by atoms with van der Waals surface area (Å²) < 4.78 is 0.789. The van der Waals surface area contributed by atoms with Gasteiger partial charge >= 0.3 is 0 Å². The highest BCUT2D eigenvalue weighted by molar-refractivity contribution is 9.10. The lowest BCUT2D eigenvalue weighted by atomic mass is 10.1. The van der Waals surface area contributed by atoms with Crippen molar-refractivity contribution in [3.05, 3.63) is 27.7 Å². The van der Waals surface area contributed by atoms with Gasteiger partial charge in [0.1, 0.15) is 5.75 Å². The Labute approximate surface area is 104 Å². The number of aryl methyl sites for hydroxylation is 1. The second-order valence-electron chi connectivity index (χ2n) is 4.22. The van der Waals surface area contributed by atoms with Gasteiger partial charge in [-0.3, -0.25) is 4.79 Å². The Morgan fingerprint density at radius 1 is 1.50 bits per heavy atom. The van der Waals surface area contributed by atoms with Crippen molar-refractivity contribution in [3.63, 3.8) is 0 Å². The van der Waals surface area contributed by atoms with Gasteiger partial charge in [-0.25, -0.2) is 0 Å². The molecule has 0 saturated heterocycles. The van der Waals surface area contributed by atoms with E-state index in [9.17, 15) is 9.90 Å². The minimum atomic E-state index is -0.240. The summed E-state index contributed by atoms with van der Waals surface area (Å²) in [5, 5.41) is 12.5. The Bertz CT molecular complexity index is 402. The SMILES string of the molecule is Cc1cc(Br)cc(C(=O)NCC(C)C)c1O. The first-order valence-electron chi connectivity index (χ1n) is 5.19. The number of aromatic hydroxyl groups is 1. The number of nitrogens with one attached hydrogen (secondary N) is 1. The first-order chi connectivity index (χ1) is 7.41. The first kappa shape index (κ1) is 13.0.